The molecular formula is C23H24N4O3S. The number of benzene rings is 1. The van der Waals surface area contributed by atoms with Crippen LogP contribution in [0.25, 0.3) is 5.65 Å². The highest BCUT2D eigenvalue weighted by molar-refractivity contribution is 7.09. The first-order chi connectivity index (χ1) is 15.0. The van der Waals surface area contributed by atoms with Crippen LogP contribution in [0, 0.1) is 13.8 Å². The molecule has 1 amide bonds. The van der Waals surface area contributed by atoms with Gasteiger partial charge in [-0.15, -0.1) is 11.3 Å². The number of para-hydroxylation sites is 1. The highest BCUT2D eigenvalue weighted by Crippen LogP contribution is 2.23. The van der Waals surface area contributed by atoms with Gasteiger partial charge in [0, 0.05) is 40.0 Å². The van der Waals surface area contributed by atoms with Gasteiger partial charge in [-0.3, -0.25) is 14.7 Å². The lowest BCUT2D eigenvalue weighted by molar-refractivity contribution is -0.131. The molecule has 160 valence electrons. The monoisotopic (exact) mass is 436 g/mol. The predicted octanol–water partition coefficient (Wildman–Crippen LogP) is 3.48. The SMILES string of the molecule is COc1ccccc1CN(Cc1cccs1)C(=O)Cc1c(C)nc2cc(=O)[nH]n2c1C. The molecule has 0 atom stereocenters. The van der Waals surface area contributed by atoms with Crippen LogP contribution in [-0.2, 0) is 24.3 Å². The molecule has 4 aromatic rings. The van der Waals surface area contributed by atoms with Crippen molar-refractivity contribution in [2.45, 2.75) is 33.4 Å². The van der Waals surface area contributed by atoms with Gasteiger partial charge in [-0.1, -0.05) is 24.3 Å². The molecule has 0 saturated carbocycles. The molecule has 3 heterocycles. The third kappa shape index (κ3) is 4.39. The number of thiophene rings is 1. The molecule has 0 radical (unpaired) electrons. The van der Waals surface area contributed by atoms with E-state index in [4.69, 9.17) is 4.74 Å². The van der Waals surface area contributed by atoms with E-state index in [9.17, 15) is 9.59 Å². The number of nitrogens with one attached hydrogen (secondary N) is 1. The number of rotatable bonds is 7. The molecular weight excluding hydrogens is 412 g/mol. The number of carbonyl (C=O) groups excluding carboxylic acids is 1. The van der Waals surface area contributed by atoms with E-state index in [1.54, 1.807) is 23.0 Å². The van der Waals surface area contributed by atoms with Crippen molar-refractivity contribution < 1.29 is 9.53 Å². The summed E-state index contributed by atoms with van der Waals surface area (Å²) < 4.78 is 7.13. The van der Waals surface area contributed by atoms with E-state index < -0.39 is 0 Å². The Morgan fingerprint density at radius 2 is 2.00 bits per heavy atom. The molecule has 3 aromatic heterocycles. The number of hydrogen-bond acceptors (Lipinski definition) is 5. The van der Waals surface area contributed by atoms with Crippen molar-refractivity contribution in [3.63, 3.8) is 0 Å². The second kappa shape index (κ2) is 8.77. The molecule has 7 nitrogen and oxygen atoms in total. The zero-order valence-corrected chi connectivity index (χ0v) is 18.5. The Morgan fingerprint density at radius 1 is 1.19 bits per heavy atom. The van der Waals surface area contributed by atoms with Gasteiger partial charge in [0.1, 0.15) is 5.75 Å². The summed E-state index contributed by atoms with van der Waals surface area (Å²) >= 11 is 1.63. The Labute approximate surface area is 183 Å². The van der Waals surface area contributed by atoms with Crippen molar-refractivity contribution in [3.8, 4) is 5.75 Å². The van der Waals surface area contributed by atoms with E-state index in [0.29, 0.717) is 18.7 Å². The van der Waals surface area contributed by atoms with Crippen molar-refractivity contribution in [1.82, 2.24) is 19.5 Å². The number of hydrogen-bond donors (Lipinski definition) is 1. The second-order valence-corrected chi connectivity index (χ2v) is 8.43. The average molecular weight is 437 g/mol. The summed E-state index contributed by atoms with van der Waals surface area (Å²) in [6, 6.07) is 13.2. The van der Waals surface area contributed by atoms with E-state index in [-0.39, 0.29) is 17.9 Å². The Morgan fingerprint density at radius 3 is 2.74 bits per heavy atom. The molecule has 4 rings (SSSR count). The van der Waals surface area contributed by atoms with E-state index in [2.05, 4.69) is 10.1 Å². The average Bonchev–Trinajstić information content (AvgIpc) is 3.40. The molecule has 0 aliphatic rings. The van der Waals surface area contributed by atoms with Crippen LogP contribution in [0.2, 0.25) is 0 Å². The third-order valence-corrected chi connectivity index (χ3v) is 6.22. The molecule has 0 spiro atoms. The summed E-state index contributed by atoms with van der Waals surface area (Å²) in [7, 11) is 1.63. The predicted molar refractivity (Wildman–Crippen MR) is 121 cm³/mol. The lowest BCUT2D eigenvalue weighted by Crippen LogP contribution is -2.32. The van der Waals surface area contributed by atoms with Crippen LogP contribution in [-0.4, -0.2) is 32.5 Å². The Balaban J connectivity index is 1.66. The van der Waals surface area contributed by atoms with Crippen molar-refractivity contribution in [1.29, 1.82) is 0 Å². The van der Waals surface area contributed by atoms with Crippen LogP contribution in [0.3, 0.4) is 0 Å². The highest BCUT2D eigenvalue weighted by atomic mass is 32.1. The number of amides is 1. The molecule has 31 heavy (non-hydrogen) atoms. The number of fused-ring (bicyclic) bond motifs is 1. The van der Waals surface area contributed by atoms with Gasteiger partial charge in [-0.05, 0) is 31.4 Å². The highest BCUT2D eigenvalue weighted by Gasteiger charge is 2.21. The fourth-order valence-electron chi connectivity index (χ4n) is 3.74. The quantitative estimate of drug-likeness (QED) is 0.481. The van der Waals surface area contributed by atoms with E-state index >= 15 is 0 Å². The number of aromatic nitrogens is 3. The molecule has 1 N–H and O–H groups in total. The summed E-state index contributed by atoms with van der Waals surface area (Å²) in [6.45, 7) is 4.72. The van der Waals surface area contributed by atoms with Gasteiger partial charge in [0.2, 0.25) is 5.91 Å². The van der Waals surface area contributed by atoms with Crippen molar-refractivity contribution in [2.75, 3.05) is 7.11 Å². The van der Waals surface area contributed by atoms with Crippen LogP contribution in [0.4, 0.5) is 0 Å². The van der Waals surface area contributed by atoms with Gasteiger partial charge < -0.3 is 9.64 Å². The fraction of sp³-hybridized carbons (Fsp3) is 0.261. The van der Waals surface area contributed by atoms with Gasteiger partial charge in [0.05, 0.1) is 20.1 Å². The molecule has 0 aliphatic heterocycles. The lowest BCUT2D eigenvalue weighted by atomic mass is 10.1. The van der Waals surface area contributed by atoms with Crippen LogP contribution >= 0.6 is 11.3 Å². The molecule has 0 saturated heterocycles. The molecule has 8 heteroatoms. The maximum absolute atomic E-state index is 13.5. The maximum atomic E-state index is 13.5. The maximum Gasteiger partial charge on any atom is 0.266 e. The first-order valence-corrected chi connectivity index (χ1v) is 10.8. The van der Waals surface area contributed by atoms with Crippen LogP contribution in [0.1, 0.15) is 27.4 Å². The van der Waals surface area contributed by atoms with Crippen molar-refractivity contribution in [3.05, 3.63) is 85.6 Å². The first-order valence-electron chi connectivity index (χ1n) is 9.96. The lowest BCUT2D eigenvalue weighted by Gasteiger charge is -2.24. The summed E-state index contributed by atoms with van der Waals surface area (Å²) in [5.74, 6) is 0.744. The summed E-state index contributed by atoms with van der Waals surface area (Å²) in [6.07, 6.45) is 0.196. The zero-order valence-electron chi connectivity index (χ0n) is 17.7. The van der Waals surface area contributed by atoms with E-state index in [0.717, 1.165) is 33.1 Å². The summed E-state index contributed by atoms with van der Waals surface area (Å²) in [5, 5.41) is 4.76. The second-order valence-electron chi connectivity index (χ2n) is 7.39. The Hall–Kier alpha value is -3.39. The number of aryl methyl sites for hydroxylation is 2. The number of aromatic amines is 1. The van der Waals surface area contributed by atoms with Crippen molar-refractivity contribution >= 4 is 22.9 Å². The number of nitrogens with zero attached hydrogens (tertiary/aromatic N) is 3. The van der Waals surface area contributed by atoms with Gasteiger partial charge in [-0.25, -0.2) is 9.50 Å². The summed E-state index contributed by atoms with van der Waals surface area (Å²) in [4.78, 5) is 32.7. The van der Waals surface area contributed by atoms with Gasteiger partial charge in [0.15, 0.2) is 5.65 Å². The topological polar surface area (TPSA) is 79.7 Å². The Kier molecular flexibility index (Phi) is 5.90. The Bertz CT molecular complexity index is 1270. The fourth-order valence-corrected chi connectivity index (χ4v) is 4.46. The molecule has 1 aromatic carbocycles. The van der Waals surface area contributed by atoms with Crippen LogP contribution < -0.4 is 10.3 Å². The van der Waals surface area contributed by atoms with E-state index in [1.165, 1.54) is 6.07 Å². The van der Waals surface area contributed by atoms with E-state index in [1.807, 2.05) is 60.5 Å². The largest absolute Gasteiger partial charge is 0.496 e. The molecule has 0 bridgehead atoms. The first kappa shape index (κ1) is 20.9. The molecule has 0 unspecified atom stereocenters. The standard InChI is InChI=1S/C23H24N4O3S/c1-15-19(16(2)27-21(24-15)12-22(28)25-27)11-23(29)26(14-18-8-6-10-31-18)13-17-7-4-5-9-20(17)30-3/h4-10,12H,11,13-14H2,1-3H3,(H,25,28). The number of carbonyl (C=O) groups is 1. The number of methoxy groups -OCH3 is 1. The number of ether oxygens (including phenoxy) is 1. The minimum atomic E-state index is -0.214. The van der Waals surface area contributed by atoms with Gasteiger partial charge in [-0.2, -0.15) is 0 Å². The van der Waals surface area contributed by atoms with Crippen LogP contribution in [0.15, 0.2) is 52.6 Å². The normalized spacial score (nSPS) is 11.1. The van der Waals surface area contributed by atoms with Gasteiger partial charge in [0.25, 0.3) is 5.56 Å². The van der Waals surface area contributed by atoms with Crippen molar-refractivity contribution in [2.24, 2.45) is 0 Å². The molecule has 0 fully saturated rings. The number of H-pyrrole nitrogens is 1. The minimum absolute atomic E-state index is 0.0128. The van der Waals surface area contributed by atoms with Crippen LogP contribution in [0.5, 0.6) is 5.75 Å². The third-order valence-electron chi connectivity index (χ3n) is 5.36. The zero-order chi connectivity index (χ0) is 22.0. The molecule has 0 aliphatic carbocycles. The van der Waals surface area contributed by atoms with Gasteiger partial charge >= 0.3 is 0 Å². The smallest absolute Gasteiger partial charge is 0.266 e. The summed E-state index contributed by atoms with van der Waals surface area (Å²) in [5.41, 5.74) is 3.67. The minimum Gasteiger partial charge on any atom is -0.496 e.